The molecule has 2 aromatic heterocycles. The molecule has 0 spiro atoms. The molecule has 3 heterocycles. The van der Waals surface area contributed by atoms with Crippen LogP contribution >= 0.6 is 0 Å². The monoisotopic (exact) mass is 350 g/mol. The number of hydrogen-bond donors (Lipinski definition) is 0. The highest BCUT2D eigenvalue weighted by molar-refractivity contribution is 5.92. The van der Waals surface area contributed by atoms with Gasteiger partial charge >= 0.3 is 0 Å². The van der Waals surface area contributed by atoms with Crippen LogP contribution in [0.4, 0.5) is 0 Å². The fraction of sp³-hybridized carbons (Fsp3) is 0.368. The fourth-order valence-electron chi connectivity index (χ4n) is 3.51. The van der Waals surface area contributed by atoms with Crippen LogP contribution in [0.25, 0.3) is 5.69 Å². The van der Waals surface area contributed by atoms with Crippen LogP contribution in [0, 0.1) is 6.92 Å². The number of likely N-dealkylation sites (tertiary alicyclic amines) is 1. The average molecular weight is 350 g/mol. The molecule has 1 aliphatic rings. The number of nitrogens with zero attached hydrogens (tertiary/aromatic N) is 6. The maximum absolute atomic E-state index is 13.1. The summed E-state index contributed by atoms with van der Waals surface area (Å²) in [7, 11) is 1.85. The lowest BCUT2D eigenvalue weighted by Gasteiger charge is -2.34. The Labute approximate surface area is 152 Å². The van der Waals surface area contributed by atoms with Gasteiger partial charge in [0, 0.05) is 25.0 Å². The topological polar surface area (TPSA) is 68.8 Å². The molecule has 1 amide bonds. The molecule has 1 aliphatic heterocycles. The normalized spacial score (nSPS) is 17.5. The van der Waals surface area contributed by atoms with E-state index in [9.17, 15) is 4.79 Å². The first kappa shape index (κ1) is 16.5. The predicted molar refractivity (Wildman–Crippen MR) is 96.9 cm³/mol. The van der Waals surface area contributed by atoms with E-state index in [2.05, 4.69) is 15.3 Å². The molecule has 4 rings (SSSR count). The van der Waals surface area contributed by atoms with Crippen molar-refractivity contribution in [2.75, 3.05) is 6.54 Å². The SMILES string of the molecule is Cc1cc(C(=O)N2CCCCC2c2nncn2-c2ccccc2)nn1C. The summed E-state index contributed by atoms with van der Waals surface area (Å²) in [6, 6.07) is 11.7. The molecule has 1 unspecified atom stereocenters. The van der Waals surface area contributed by atoms with Gasteiger partial charge in [0.15, 0.2) is 11.5 Å². The van der Waals surface area contributed by atoms with Crippen molar-refractivity contribution in [1.82, 2.24) is 29.4 Å². The molecule has 1 aromatic carbocycles. The van der Waals surface area contributed by atoms with Gasteiger partial charge in [0.25, 0.3) is 5.91 Å². The molecule has 0 aliphatic carbocycles. The second-order valence-electron chi connectivity index (χ2n) is 6.70. The number of rotatable bonds is 3. The molecule has 0 radical (unpaired) electrons. The number of benzene rings is 1. The lowest BCUT2D eigenvalue weighted by Crippen LogP contribution is -2.39. The Morgan fingerprint density at radius 2 is 2.00 bits per heavy atom. The number of carbonyl (C=O) groups is 1. The van der Waals surface area contributed by atoms with E-state index >= 15 is 0 Å². The van der Waals surface area contributed by atoms with Gasteiger partial charge in [-0.25, -0.2) is 0 Å². The average Bonchev–Trinajstić information content (AvgIpc) is 3.29. The third kappa shape index (κ3) is 2.89. The van der Waals surface area contributed by atoms with Crippen molar-refractivity contribution in [3.05, 3.63) is 59.9 Å². The van der Waals surface area contributed by atoms with Gasteiger partial charge in [-0.15, -0.1) is 10.2 Å². The molecular weight excluding hydrogens is 328 g/mol. The Kier molecular flexibility index (Phi) is 4.28. The third-order valence-corrected chi connectivity index (χ3v) is 5.00. The van der Waals surface area contributed by atoms with E-state index in [1.165, 1.54) is 0 Å². The summed E-state index contributed by atoms with van der Waals surface area (Å²) < 4.78 is 3.71. The summed E-state index contributed by atoms with van der Waals surface area (Å²) in [4.78, 5) is 15.0. The molecule has 1 atom stereocenters. The Morgan fingerprint density at radius 3 is 2.73 bits per heavy atom. The minimum atomic E-state index is -0.0960. The van der Waals surface area contributed by atoms with Crippen LogP contribution in [0.3, 0.4) is 0 Å². The zero-order valence-corrected chi connectivity index (χ0v) is 15.0. The smallest absolute Gasteiger partial charge is 0.274 e. The maximum Gasteiger partial charge on any atom is 0.274 e. The van der Waals surface area contributed by atoms with Gasteiger partial charge < -0.3 is 4.90 Å². The van der Waals surface area contributed by atoms with Gasteiger partial charge in [-0.05, 0) is 44.4 Å². The second-order valence-corrected chi connectivity index (χ2v) is 6.70. The van der Waals surface area contributed by atoms with E-state index in [0.717, 1.165) is 36.5 Å². The first-order valence-corrected chi connectivity index (χ1v) is 8.92. The lowest BCUT2D eigenvalue weighted by atomic mass is 10.0. The van der Waals surface area contributed by atoms with Crippen molar-refractivity contribution in [2.24, 2.45) is 7.05 Å². The Bertz CT molecular complexity index is 894. The van der Waals surface area contributed by atoms with E-state index in [4.69, 9.17) is 0 Å². The highest BCUT2D eigenvalue weighted by Gasteiger charge is 2.33. The van der Waals surface area contributed by atoms with Crippen LogP contribution in [0.5, 0.6) is 0 Å². The van der Waals surface area contributed by atoms with Crippen molar-refractivity contribution in [1.29, 1.82) is 0 Å². The zero-order chi connectivity index (χ0) is 18.1. The number of para-hydroxylation sites is 1. The van der Waals surface area contributed by atoms with Crippen LogP contribution in [0.2, 0.25) is 0 Å². The molecule has 26 heavy (non-hydrogen) atoms. The van der Waals surface area contributed by atoms with Gasteiger partial charge in [0.05, 0.1) is 6.04 Å². The summed E-state index contributed by atoms with van der Waals surface area (Å²) in [5.74, 6) is 0.762. The maximum atomic E-state index is 13.1. The number of carbonyl (C=O) groups excluding carboxylic acids is 1. The van der Waals surface area contributed by atoms with Crippen LogP contribution in [-0.2, 0) is 7.05 Å². The van der Waals surface area contributed by atoms with Gasteiger partial charge in [-0.2, -0.15) is 5.10 Å². The Morgan fingerprint density at radius 1 is 1.19 bits per heavy atom. The van der Waals surface area contributed by atoms with Crippen LogP contribution in [0.15, 0.2) is 42.7 Å². The Hall–Kier alpha value is -2.96. The number of aromatic nitrogens is 5. The molecule has 134 valence electrons. The van der Waals surface area contributed by atoms with Gasteiger partial charge in [-0.3, -0.25) is 14.0 Å². The van der Waals surface area contributed by atoms with Crippen molar-refractivity contribution < 1.29 is 4.79 Å². The van der Waals surface area contributed by atoms with Crippen LogP contribution in [-0.4, -0.2) is 41.9 Å². The minimum absolute atomic E-state index is 0.0407. The molecule has 7 nitrogen and oxygen atoms in total. The minimum Gasteiger partial charge on any atom is -0.327 e. The quantitative estimate of drug-likeness (QED) is 0.728. The van der Waals surface area contributed by atoms with E-state index < -0.39 is 0 Å². The number of amides is 1. The summed E-state index contributed by atoms with van der Waals surface area (Å²) in [5, 5.41) is 12.8. The fourth-order valence-corrected chi connectivity index (χ4v) is 3.51. The van der Waals surface area contributed by atoms with E-state index in [0.29, 0.717) is 12.2 Å². The van der Waals surface area contributed by atoms with Crippen molar-refractivity contribution >= 4 is 5.91 Å². The standard InChI is InChI=1S/C19H22N6O/c1-14-12-16(22-23(14)2)19(26)24-11-7-6-10-17(24)18-21-20-13-25(18)15-8-4-3-5-9-15/h3-5,8-9,12-13,17H,6-7,10-11H2,1-2H3. The van der Waals surface area contributed by atoms with Crippen molar-refractivity contribution in [2.45, 2.75) is 32.2 Å². The summed E-state index contributed by atoms with van der Waals surface area (Å²) in [5.41, 5.74) is 2.45. The van der Waals surface area contributed by atoms with Crippen LogP contribution in [0.1, 0.15) is 47.3 Å². The molecule has 0 saturated carbocycles. The molecule has 1 fully saturated rings. The second kappa shape index (κ2) is 6.74. The van der Waals surface area contributed by atoms with Crippen molar-refractivity contribution in [3.8, 4) is 5.69 Å². The summed E-state index contributed by atoms with van der Waals surface area (Å²) in [6.45, 7) is 2.66. The zero-order valence-electron chi connectivity index (χ0n) is 15.0. The first-order valence-electron chi connectivity index (χ1n) is 8.92. The molecule has 0 bridgehead atoms. The highest BCUT2D eigenvalue weighted by Crippen LogP contribution is 2.32. The predicted octanol–water partition coefficient (Wildman–Crippen LogP) is 2.68. The molecule has 7 heteroatoms. The largest absolute Gasteiger partial charge is 0.327 e. The van der Waals surface area contributed by atoms with E-state index in [-0.39, 0.29) is 11.9 Å². The van der Waals surface area contributed by atoms with E-state index in [1.54, 1.807) is 11.0 Å². The van der Waals surface area contributed by atoms with Crippen LogP contribution < -0.4 is 0 Å². The molecule has 0 N–H and O–H groups in total. The van der Waals surface area contributed by atoms with Crippen molar-refractivity contribution in [3.63, 3.8) is 0 Å². The lowest BCUT2D eigenvalue weighted by molar-refractivity contribution is 0.0590. The molecule has 3 aromatic rings. The van der Waals surface area contributed by atoms with E-state index in [1.807, 2.05) is 59.8 Å². The first-order chi connectivity index (χ1) is 12.6. The highest BCUT2D eigenvalue weighted by atomic mass is 16.2. The number of hydrogen-bond acceptors (Lipinski definition) is 4. The van der Waals surface area contributed by atoms with Gasteiger partial charge in [0.1, 0.15) is 6.33 Å². The summed E-state index contributed by atoms with van der Waals surface area (Å²) in [6.07, 6.45) is 4.65. The molecular formula is C19H22N6O. The summed E-state index contributed by atoms with van der Waals surface area (Å²) >= 11 is 0. The molecule has 1 saturated heterocycles. The third-order valence-electron chi connectivity index (χ3n) is 5.00. The number of piperidine rings is 1. The van der Waals surface area contributed by atoms with Gasteiger partial charge in [0.2, 0.25) is 0 Å². The number of aryl methyl sites for hydroxylation is 2. The Balaban J connectivity index is 1.69. The van der Waals surface area contributed by atoms with Gasteiger partial charge in [-0.1, -0.05) is 18.2 Å².